The summed E-state index contributed by atoms with van der Waals surface area (Å²) in [5.74, 6) is 0.125. The number of carbonyl (C=O) groups is 1. The number of carbonyl (C=O) groups excluding carboxylic acids is 1. The van der Waals surface area contributed by atoms with Crippen molar-refractivity contribution in [1.29, 1.82) is 0 Å². The summed E-state index contributed by atoms with van der Waals surface area (Å²) in [6.45, 7) is 3.32. The van der Waals surface area contributed by atoms with Crippen LogP contribution in [0.25, 0.3) is 5.65 Å². The normalized spacial score (nSPS) is 16.5. The number of halogens is 1. The first-order chi connectivity index (χ1) is 9.65. The molecule has 0 saturated carbocycles. The number of pyridine rings is 1. The number of imidazole rings is 1. The monoisotopic (exact) mass is 337 g/mol. The van der Waals surface area contributed by atoms with Crippen LogP contribution in [0, 0.1) is 12.8 Å². The van der Waals surface area contributed by atoms with Gasteiger partial charge in [-0.25, -0.2) is 4.98 Å². The minimum absolute atomic E-state index is 0.0510. The van der Waals surface area contributed by atoms with Crippen molar-refractivity contribution in [3.8, 4) is 0 Å². The number of hydrogen-bond donors (Lipinski definition) is 1. The second-order valence-corrected chi connectivity index (χ2v) is 5.76. The average molecular weight is 338 g/mol. The van der Waals surface area contributed by atoms with Crippen LogP contribution in [0.5, 0.6) is 0 Å². The Bertz CT molecular complexity index is 647. The number of fused-ring (bicyclic) bond motifs is 1. The molecule has 20 heavy (non-hydrogen) atoms. The van der Waals surface area contributed by atoms with E-state index in [1.54, 1.807) is 0 Å². The maximum absolute atomic E-state index is 12.2. The number of rotatable bonds is 2. The zero-order valence-corrected chi connectivity index (χ0v) is 12.8. The van der Waals surface area contributed by atoms with E-state index in [1.165, 1.54) is 0 Å². The maximum atomic E-state index is 12.2. The maximum Gasteiger partial charge on any atom is 0.227 e. The SMILES string of the molecule is Cc1c(Br)nc2ccc(NC(=O)C3CCOCC3)cn12. The Morgan fingerprint density at radius 3 is 2.95 bits per heavy atom. The lowest BCUT2D eigenvalue weighted by Gasteiger charge is -2.21. The van der Waals surface area contributed by atoms with Crippen LogP contribution in [-0.4, -0.2) is 28.5 Å². The van der Waals surface area contributed by atoms with E-state index < -0.39 is 0 Å². The van der Waals surface area contributed by atoms with E-state index in [1.807, 2.05) is 29.7 Å². The van der Waals surface area contributed by atoms with Gasteiger partial charge in [0.1, 0.15) is 10.3 Å². The zero-order chi connectivity index (χ0) is 14.1. The van der Waals surface area contributed by atoms with Crippen molar-refractivity contribution < 1.29 is 9.53 Å². The minimum atomic E-state index is 0.0510. The van der Waals surface area contributed by atoms with E-state index in [4.69, 9.17) is 4.74 Å². The Morgan fingerprint density at radius 1 is 1.45 bits per heavy atom. The highest BCUT2D eigenvalue weighted by Gasteiger charge is 2.21. The van der Waals surface area contributed by atoms with Crippen LogP contribution in [0.4, 0.5) is 5.69 Å². The summed E-state index contributed by atoms with van der Waals surface area (Å²) in [4.78, 5) is 16.6. The summed E-state index contributed by atoms with van der Waals surface area (Å²) in [7, 11) is 0. The number of nitrogens with one attached hydrogen (secondary N) is 1. The molecule has 0 spiro atoms. The molecule has 1 amide bonds. The fraction of sp³-hybridized carbons (Fsp3) is 0.429. The summed E-state index contributed by atoms with van der Waals surface area (Å²) in [5.41, 5.74) is 2.67. The first-order valence-electron chi connectivity index (χ1n) is 6.68. The van der Waals surface area contributed by atoms with Gasteiger partial charge in [0.2, 0.25) is 5.91 Å². The van der Waals surface area contributed by atoms with Gasteiger partial charge in [-0.3, -0.25) is 4.79 Å². The van der Waals surface area contributed by atoms with Gasteiger partial charge in [0.25, 0.3) is 0 Å². The number of aromatic nitrogens is 2. The van der Waals surface area contributed by atoms with E-state index in [0.717, 1.165) is 34.5 Å². The third kappa shape index (κ3) is 2.58. The molecular weight excluding hydrogens is 322 g/mol. The molecule has 0 atom stereocenters. The first kappa shape index (κ1) is 13.6. The Kier molecular flexibility index (Phi) is 3.76. The van der Waals surface area contributed by atoms with Crippen molar-refractivity contribution in [2.45, 2.75) is 19.8 Å². The van der Waals surface area contributed by atoms with Gasteiger partial charge in [-0.15, -0.1) is 0 Å². The molecule has 1 fully saturated rings. The van der Waals surface area contributed by atoms with Crippen LogP contribution < -0.4 is 5.32 Å². The first-order valence-corrected chi connectivity index (χ1v) is 7.47. The van der Waals surface area contributed by atoms with Crippen LogP contribution in [0.15, 0.2) is 22.9 Å². The van der Waals surface area contributed by atoms with Crippen LogP contribution >= 0.6 is 15.9 Å². The molecule has 3 heterocycles. The lowest BCUT2D eigenvalue weighted by atomic mass is 9.99. The second-order valence-electron chi connectivity index (χ2n) is 5.01. The van der Waals surface area contributed by atoms with E-state index in [0.29, 0.717) is 13.2 Å². The number of amides is 1. The lowest BCUT2D eigenvalue weighted by molar-refractivity contribution is -0.122. The van der Waals surface area contributed by atoms with Crippen LogP contribution in [0.3, 0.4) is 0 Å². The highest BCUT2D eigenvalue weighted by molar-refractivity contribution is 9.10. The summed E-state index contributed by atoms with van der Waals surface area (Å²) < 4.78 is 8.07. The van der Waals surface area contributed by atoms with Gasteiger partial charge in [0.15, 0.2) is 0 Å². The molecule has 1 N–H and O–H groups in total. The summed E-state index contributed by atoms with van der Waals surface area (Å²) in [6, 6.07) is 3.78. The average Bonchev–Trinajstić information content (AvgIpc) is 2.75. The number of nitrogens with zero attached hydrogens (tertiary/aromatic N) is 2. The number of aryl methyl sites for hydroxylation is 1. The second kappa shape index (κ2) is 5.54. The van der Waals surface area contributed by atoms with E-state index in [-0.39, 0.29) is 11.8 Å². The lowest BCUT2D eigenvalue weighted by Crippen LogP contribution is -2.28. The fourth-order valence-corrected chi connectivity index (χ4v) is 2.78. The van der Waals surface area contributed by atoms with Gasteiger partial charge >= 0.3 is 0 Å². The number of ether oxygens (including phenoxy) is 1. The molecule has 2 aromatic rings. The predicted octanol–water partition coefficient (Wildman–Crippen LogP) is 2.77. The standard InChI is InChI=1S/C14H16BrN3O2/c1-9-13(15)17-12-3-2-11(8-18(9)12)16-14(19)10-4-6-20-7-5-10/h2-3,8,10H,4-7H2,1H3,(H,16,19). The molecule has 0 unspecified atom stereocenters. The van der Waals surface area contributed by atoms with Crippen molar-refractivity contribution in [3.05, 3.63) is 28.6 Å². The van der Waals surface area contributed by atoms with Crippen molar-refractivity contribution in [2.75, 3.05) is 18.5 Å². The molecule has 1 saturated heterocycles. The molecule has 0 bridgehead atoms. The smallest absolute Gasteiger partial charge is 0.227 e. The molecule has 0 aliphatic carbocycles. The van der Waals surface area contributed by atoms with Crippen molar-refractivity contribution in [3.63, 3.8) is 0 Å². The molecule has 3 rings (SSSR count). The highest BCUT2D eigenvalue weighted by atomic mass is 79.9. The largest absolute Gasteiger partial charge is 0.381 e. The van der Waals surface area contributed by atoms with Crippen LogP contribution in [0.1, 0.15) is 18.5 Å². The van der Waals surface area contributed by atoms with Crippen LogP contribution in [0.2, 0.25) is 0 Å². The molecule has 106 valence electrons. The summed E-state index contributed by atoms with van der Waals surface area (Å²) in [6.07, 6.45) is 3.49. The Balaban J connectivity index is 1.80. The number of anilines is 1. The zero-order valence-electron chi connectivity index (χ0n) is 11.2. The molecule has 5 nitrogen and oxygen atoms in total. The van der Waals surface area contributed by atoms with Gasteiger partial charge in [-0.1, -0.05) is 0 Å². The van der Waals surface area contributed by atoms with Crippen molar-refractivity contribution in [2.24, 2.45) is 5.92 Å². The molecule has 1 aliphatic heterocycles. The van der Waals surface area contributed by atoms with Crippen molar-refractivity contribution in [1.82, 2.24) is 9.38 Å². The summed E-state index contributed by atoms with van der Waals surface area (Å²) >= 11 is 3.41. The quantitative estimate of drug-likeness (QED) is 0.916. The molecular formula is C14H16BrN3O2. The van der Waals surface area contributed by atoms with E-state index >= 15 is 0 Å². The van der Waals surface area contributed by atoms with Gasteiger partial charge in [0, 0.05) is 25.3 Å². The van der Waals surface area contributed by atoms with E-state index in [9.17, 15) is 4.79 Å². The van der Waals surface area contributed by atoms with Gasteiger partial charge in [-0.2, -0.15) is 0 Å². The Hall–Kier alpha value is -1.40. The minimum Gasteiger partial charge on any atom is -0.381 e. The molecule has 0 radical (unpaired) electrons. The van der Waals surface area contributed by atoms with Gasteiger partial charge in [0.05, 0.1) is 11.4 Å². The topological polar surface area (TPSA) is 55.6 Å². The van der Waals surface area contributed by atoms with Gasteiger partial charge in [-0.05, 0) is 47.8 Å². The Labute approximate surface area is 125 Å². The predicted molar refractivity (Wildman–Crippen MR) is 79.8 cm³/mol. The summed E-state index contributed by atoms with van der Waals surface area (Å²) in [5, 5.41) is 2.98. The van der Waals surface area contributed by atoms with Crippen LogP contribution in [-0.2, 0) is 9.53 Å². The Morgan fingerprint density at radius 2 is 2.20 bits per heavy atom. The highest BCUT2D eigenvalue weighted by Crippen LogP contribution is 2.21. The van der Waals surface area contributed by atoms with E-state index in [2.05, 4.69) is 26.2 Å². The fourth-order valence-electron chi connectivity index (χ4n) is 2.41. The molecule has 6 heteroatoms. The third-order valence-electron chi connectivity index (χ3n) is 3.66. The van der Waals surface area contributed by atoms with Crippen molar-refractivity contribution >= 4 is 33.2 Å². The molecule has 2 aromatic heterocycles. The molecule has 1 aliphatic rings. The van der Waals surface area contributed by atoms with Gasteiger partial charge < -0.3 is 14.5 Å². The molecule has 0 aromatic carbocycles. The third-order valence-corrected chi connectivity index (χ3v) is 4.41. The number of hydrogen-bond acceptors (Lipinski definition) is 3.